The van der Waals surface area contributed by atoms with E-state index in [0.29, 0.717) is 24.6 Å². The molecule has 1 unspecified atom stereocenters. The first kappa shape index (κ1) is 18.2. The second-order valence-corrected chi connectivity index (χ2v) is 7.10. The van der Waals surface area contributed by atoms with Gasteiger partial charge in [0.1, 0.15) is 0 Å². The number of ether oxygens (including phenoxy) is 1. The number of fused-ring (bicyclic) bond motifs is 1. The monoisotopic (exact) mass is 351 g/mol. The van der Waals surface area contributed by atoms with Crippen molar-refractivity contribution in [3.05, 3.63) is 70.8 Å². The molecule has 0 N–H and O–H groups in total. The third-order valence-corrected chi connectivity index (χ3v) is 4.89. The molecule has 1 aliphatic rings. The van der Waals surface area contributed by atoms with E-state index < -0.39 is 12.1 Å². The maximum absolute atomic E-state index is 12.7. The van der Waals surface area contributed by atoms with Crippen molar-refractivity contribution in [3.63, 3.8) is 0 Å². The van der Waals surface area contributed by atoms with Crippen LogP contribution in [0.1, 0.15) is 53.7 Å². The van der Waals surface area contributed by atoms with Crippen molar-refractivity contribution < 1.29 is 14.3 Å². The van der Waals surface area contributed by atoms with E-state index in [-0.39, 0.29) is 5.91 Å². The summed E-state index contributed by atoms with van der Waals surface area (Å²) >= 11 is 0. The molecule has 0 fully saturated rings. The van der Waals surface area contributed by atoms with Crippen LogP contribution in [0.5, 0.6) is 0 Å². The molecule has 2 aromatic carbocycles. The van der Waals surface area contributed by atoms with Gasteiger partial charge in [-0.05, 0) is 48.1 Å². The first-order valence-corrected chi connectivity index (χ1v) is 9.12. The molecule has 1 aliphatic heterocycles. The minimum absolute atomic E-state index is 0.147. The van der Waals surface area contributed by atoms with Gasteiger partial charge in [-0.2, -0.15) is 0 Å². The van der Waals surface area contributed by atoms with E-state index in [9.17, 15) is 9.59 Å². The third-order valence-electron chi connectivity index (χ3n) is 4.89. The average Bonchev–Trinajstić information content (AvgIpc) is 2.67. The molecule has 0 spiro atoms. The summed E-state index contributed by atoms with van der Waals surface area (Å²) in [7, 11) is 0. The summed E-state index contributed by atoms with van der Waals surface area (Å²) in [5.41, 5.74) is 4.08. The van der Waals surface area contributed by atoms with Crippen LogP contribution >= 0.6 is 0 Å². The number of amides is 1. The maximum Gasteiger partial charge on any atom is 0.338 e. The molecule has 0 aromatic heterocycles. The second-order valence-electron chi connectivity index (χ2n) is 7.10. The summed E-state index contributed by atoms with van der Waals surface area (Å²) < 4.78 is 5.41. The Morgan fingerprint density at radius 1 is 0.962 bits per heavy atom. The van der Waals surface area contributed by atoms with Crippen molar-refractivity contribution in [1.82, 2.24) is 4.90 Å². The lowest BCUT2D eigenvalue weighted by atomic mass is 9.99. The van der Waals surface area contributed by atoms with Gasteiger partial charge >= 0.3 is 5.97 Å². The molecule has 2 aromatic rings. The highest BCUT2D eigenvalue weighted by Gasteiger charge is 2.27. The predicted octanol–water partition coefficient (Wildman–Crippen LogP) is 3.94. The minimum Gasteiger partial charge on any atom is -0.449 e. The van der Waals surface area contributed by atoms with E-state index in [2.05, 4.69) is 19.9 Å². The summed E-state index contributed by atoms with van der Waals surface area (Å²) in [6.07, 6.45) is 0.0386. The molecule has 1 amide bonds. The van der Waals surface area contributed by atoms with Gasteiger partial charge in [-0.25, -0.2) is 4.79 Å². The summed E-state index contributed by atoms with van der Waals surface area (Å²) in [5.74, 6) is -0.201. The number of esters is 1. The van der Waals surface area contributed by atoms with Crippen molar-refractivity contribution in [2.24, 2.45) is 0 Å². The standard InChI is InChI=1S/C22H25NO3/c1-15(2)17-8-10-19(11-9-17)22(25)26-16(3)21(24)23-13-12-18-6-4-5-7-20(18)14-23/h4-11,15-16H,12-14H2,1-3H3. The van der Waals surface area contributed by atoms with Crippen molar-refractivity contribution in [2.45, 2.75) is 45.8 Å². The van der Waals surface area contributed by atoms with Crippen LogP contribution in [0, 0.1) is 0 Å². The summed E-state index contributed by atoms with van der Waals surface area (Å²) in [5, 5.41) is 0. The molecule has 3 rings (SSSR count). The highest BCUT2D eigenvalue weighted by molar-refractivity contribution is 5.92. The molecule has 0 aliphatic carbocycles. The highest BCUT2D eigenvalue weighted by Crippen LogP contribution is 2.20. The van der Waals surface area contributed by atoms with Gasteiger partial charge in [-0.15, -0.1) is 0 Å². The fraction of sp³-hybridized carbons (Fsp3) is 0.364. The van der Waals surface area contributed by atoms with E-state index in [0.717, 1.165) is 17.5 Å². The number of carbonyl (C=O) groups is 2. The Morgan fingerprint density at radius 3 is 2.27 bits per heavy atom. The van der Waals surface area contributed by atoms with E-state index in [1.165, 1.54) is 5.56 Å². The van der Waals surface area contributed by atoms with Crippen molar-refractivity contribution in [2.75, 3.05) is 6.54 Å². The largest absolute Gasteiger partial charge is 0.449 e. The molecule has 0 saturated heterocycles. The number of benzene rings is 2. The first-order valence-electron chi connectivity index (χ1n) is 9.12. The summed E-state index contributed by atoms with van der Waals surface area (Å²) in [6.45, 7) is 7.07. The van der Waals surface area contributed by atoms with Gasteiger partial charge in [0.25, 0.3) is 5.91 Å². The van der Waals surface area contributed by atoms with E-state index in [1.807, 2.05) is 30.3 Å². The fourth-order valence-corrected chi connectivity index (χ4v) is 3.22. The van der Waals surface area contributed by atoms with Gasteiger partial charge in [0.2, 0.25) is 0 Å². The molecule has 0 saturated carbocycles. The SMILES string of the molecule is CC(OC(=O)c1ccc(C(C)C)cc1)C(=O)N1CCc2ccccc2C1. The minimum atomic E-state index is -0.794. The van der Waals surface area contributed by atoms with Crippen molar-refractivity contribution >= 4 is 11.9 Å². The topological polar surface area (TPSA) is 46.6 Å². The van der Waals surface area contributed by atoms with Crippen LogP contribution in [0.4, 0.5) is 0 Å². The predicted molar refractivity (Wildman–Crippen MR) is 101 cm³/mol. The van der Waals surface area contributed by atoms with Crippen LogP contribution in [-0.2, 0) is 22.5 Å². The van der Waals surface area contributed by atoms with Gasteiger partial charge < -0.3 is 9.64 Å². The Balaban J connectivity index is 1.61. The van der Waals surface area contributed by atoms with E-state index in [1.54, 1.807) is 24.0 Å². The third kappa shape index (κ3) is 3.96. The molecule has 0 radical (unpaired) electrons. The van der Waals surface area contributed by atoms with Crippen LogP contribution in [0.3, 0.4) is 0 Å². The lowest BCUT2D eigenvalue weighted by Gasteiger charge is -2.30. The zero-order chi connectivity index (χ0) is 18.7. The Morgan fingerprint density at radius 2 is 1.62 bits per heavy atom. The number of hydrogen-bond donors (Lipinski definition) is 0. The van der Waals surface area contributed by atoms with Crippen LogP contribution in [0.25, 0.3) is 0 Å². The summed E-state index contributed by atoms with van der Waals surface area (Å²) in [6, 6.07) is 15.5. The lowest BCUT2D eigenvalue weighted by molar-refractivity contribution is -0.140. The molecule has 1 atom stereocenters. The number of hydrogen-bond acceptors (Lipinski definition) is 3. The van der Waals surface area contributed by atoms with Crippen LogP contribution in [0.15, 0.2) is 48.5 Å². The lowest BCUT2D eigenvalue weighted by Crippen LogP contribution is -2.42. The van der Waals surface area contributed by atoms with Crippen LogP contribution in [0.2, 0.25) is 0 Å². The number of nitrogens with zero attached hydrogens (tertiary/aromatic N) is 1. The van der Waals surface area contributed by atoms with Crippen LogP contribution < -0.4 is 0 Å². The molecule has 1 heterocycles. The molecular weight excluding hydrogens is 326 g/mol. The van der Waals surface area contributed by atoms with Gasteiger partial charge in [0.15, 0.2) is 6.10 Å². The Kier molecular flexibility index (Phi) is 5.40. The Hall–Kier alpha value is -2.62. The maximum atomic E-state index is 12.7. The summed E-state index contributed by atoms with van der Waals surface area (Å²) in [4.78, 5) is 26.8. The molecule has 26 heavy (non-hydrogen) atoms. The van der Waals surface area contributed by atoms with Gasteiger partial charge in [0, 0.05) is 13.1 Å². The first-order chi connectivity index (χ1) is 12.5. The van der Waals surface area contributed by atoms with E-state index >= 15 is 0 Å². The Bertz CT molecular complexity index is 795. The van der Waals surface area contributed by atoms with Gasteiger partial charge in [0.05, 0.1) is 5.56 Å². The van der Waals surface area contributed by atoms with Crippen molar-refractivity contribution in [1.29, 1.82) is 0 Å². The molecular formula is C22H25NO3. The van der Waals surface area contributed by atoms with Gasteiger partial charge in [-0.3, -0.25) is 4.79 Å². The quantitative estimate of drug-likeness (QED) is 0.784. The highest BCUT2D eigenvalue weighted by atomic mass is 16.5. The Labute approximate surface area is 154 Å². The second kappa shape index (κ2) is 7.73. The fourth-order valence-electron chi connectivity index (χ4n) is 3.22. The van der Waals surface area contributed by atoms with E-state index in [4.69, 9.17) is 4.74 Å². The smallest absolute Gasteiger partial charge is 0.338 e. The molecule has 4 nitrogen and oxygen atoms in total. The molecule has 4 heteroatoms. The molecule has 136 valence electrons. The number of rotatable bonds is 4. The normalized spacial score (nSPS) is 14.7. The van der Waals surface area contributed by atoms with Crippen LogP contribution in [-0.4, -0.2) is 29.4 Å². The molecule has 0 bridgehead atoms. The zero-order valence-corrected chi connectivity index (χ0v) is 15.6. The van der Waals surface area contributed by atoms with Gasteiger partial charge in [-0.1, -0.05) is 50.2 Å². The average molecular weight is 351 g/mol. The van der Waals surface area contributed by atoms with Crippen molar-refractivity contribution in [3.8, 4) is 0 Å². The number of carbonyl (C=O) groups excluding carboxylic acids is 2. The zero-order valence-electron chi connectivity index (χ0n) is 15.6.